The lowest BCUT2D eigenvalue weighted by Gasteiger charge is -2.41. The lowest BCUT2D eigenvalue weighted by atomic mass is 10.0. The first-order valence-electron chi connectivity index (χ1n) is 12.0. The van der Waals surface area contributed by atoms with E-state index in [4.69, 9.17) is 16.6 Å². The van der Waals surface area contributed by atoms with E-state index >= 15 is 0 Å². The maximum Gasteiger partial charge on any atom is 0.259 e. The third-order valence-electron chi connectivity index (χ3n) is 7.01. The second kappa shape index (κ2) is 9.34. The summed E-state index contributed by atoms with van der Waals surface area (Å²) in [6.07, 6.45) is 2.33. The summed E-state index contributed by atoms with van der Waals surface area (Å²) < 4.78 is 1.79. The van der Waals surface area contributed by atoms with Crippen LogP contribution in [0.15, 0.2) is 54.7 Å². The molecule has 0 bridgehead atoms. The molecule has 1 atom stereocenters. The smallest absolute Gasteiger partial charge is 0.259 e. The minimum absolute atomic E-state index is 0.0131. The Balaban J connectivity index is 1.39. The maximum absolute atomic E-state index is 13.6. The van der Waals surface area contributed by atoms with Crippen LogP contribution >= 0.6 is 11.6 Å². The highest BCUT2D eigenvalue weighted by atomic mass is 35.5. The zero-order valence-corrected chi connectivity index (χ0v) is 21.4. The first kappa shape index (κ1) is 23.4. The van der Waals surface area contributed by atoms with Crippen molar-refractivity contribution in [1.82, 2.24) is 19.5 Å². The van der Waals surface area contributed by atoms with Gasteiger partial charge in [-0.3, -0.25) is 4.79 Å². The van der Waals surface area contributed by atoms with Crippen molar-refractivity contribution in [2.75, 3.05) is 24.5 Å². The van der Waals surface area contributed by atoms with Crippen molar-refractivity contribution in [1.29, 1.82) is 0 Å². The number of amides is 1. The first-order valence-corrected chi connectivity index (χ1v) is 12.4. The van der Waals surface area contributed by atoms with Crippen molar-refractivity contribution in [3.8, 4) is 0 Å². The Morgan fingerprint density at radius 1 is 1.09 bits per heavy atom. The van der Waals surface area contributed by atoms with Crippen LogP contribution in [0.25, 0.3) is 5.65 Å². The molecule has 4 aromatic rings. The molecule has 6 nitrogen and oxygen atoms in total. The molecule has 1 amide bonds. The molecule has 0 saturated carbocycles. The van der Waals surface area contributed by atoms with E-state index in [2.05, 4.69) is 48.1 Å². The Hall–Kier alpha value is -3.38. The van der Waals surface area contributed by atoms with Crippen LogP contribution in [-0.2, 0) is 6.42 Å². The van der Waals surface area contributed by atoms with E-state index < -0.39 is 0 Å². The zero-order valence-electron chi connectivity index (χ0n) is 20.6. The normalized spacial score (nSPS) is 16.2. The van der Waals surface area contributed by atoms with Gasteiger partial charge in [-0.05, 0) is 62.6 Å². The summed E-state index contributed by atoms with van der Waals surface area (Å²) in [5.74, 6) is -0.0131. The number of carbonyl (C=O) groups excluding carboxylic acids is 1. The zero-order chi connectivity index (χ0) is 24.7. The molecule has 180 valence electrons. The molecule has 2 aromatic carbocycles. The summed E-state index contributed by atoms with van der Waals surface area (Å²) in [7, 11) is 0. The molecule has 0 unspecified atom stereocenters. The summed E-state index contributed by atoms with van der Waals surface area (Å²) in [5, 5.41) is 5.29. The highest BCUT2D eigenvalue weighted by molar-refractivity contribution is 6.31. The molecule has 3 heterocycles. The molecule has 2 aromatic heterocycles. The Bertz CT molecular complexity index is 1410. The molecule has 5 rings (SSSR count). The number of benzene rings is 2. The van der Waals surface area contributed by atoms with Crippen LogP contribution < -0.4 is 4.90 Å². The van der Waals surface area contributed by atoms with Gasteiger partial charge < -0.3 is 9.80 Å². The van der Waals surface area contributed by atoms with Gasteiger partial charge in [0.05, 0.1) is 6.20 Å². The molecule has 1 saturated heterocycles. The minimum atomic E-state index is -0.0131. The van der Waals surface area contributed by atoms with Crippen LogP contribution in [0.5, 0.6) is 0 Å². The number of aromatic nitrogens is 3. The number of nitrogens with zero attached hydrogens (tertiary/aromatic N) is 5. The van der Waals surface area contributed by atoms with Gasteiger partial charge in [-0.15, -0.1) is 0 Å². The van der Waals surface area contributed by atoms with Gasteiger partial charge in [-0.1, -0.05) is 41.9 Å². The quantitative estimate of drug-likeness (QED) is 0.394. The second-order valence-corrected chi connectivity index (χ2v) is 9.86. The van der Waals surface area contributed by atoms with Gasteiger partial charge in [0.2, 0.25) is 0 Å². The average molecular weight is 488 g/mol. The highest BCUT2D eigenvalue weighted by Crippen LogP contribution is 2.26. The largest absolute Gasteiger partial charge is 0.365 e. The Kier molecular flexibility index (Phi) is 6.24. The molecular weight excluding hydrogens is 458 g/mol. The number of rotatable bonds is 4. The van der Waals surface area contributed by atoms with E-state index in [1.807, 2.05) is 43.0 Å². The van der Waals surface area contributed by atoms with Crippen LogP contribution in [0.4, 0.5) is 5.69 Å². The summed E-state index contributed by atoms with van der Waals surface area (Å²) in [5.41, 5.74) is 7.60. The highest BCUT2D eigenvalue weighted by Gasteiger charge is 2.30. The Morgan fingerprint density at radius 2 is 1.89 bits per heavy atom. The first-order chi connectivity index (χ1) is 16.8. The van der Waals surface area contributed by atoms with Crippen LogP contribution in [0.1, 0.15) is 45.4 Å². The predicted molar refractivity (Wildman–Crippen MR) is 141 cm³/mol. The molecule has 1 aliphatic heterocycles. The molecule has 0 aliphatic carbocycles. The number of anilines is 1. The fourth-order valence-electron chi connectivity index (χ4n) is 5.05. The van der Waals surface area contributed by atoms with Gasteiger partial charge in [0.15, 0.2) is 5.65 Å². The number of aryl methyl sites for hydroxylation is 3. The summed E-state index contributed by atoms with van der Waals surface area (Å²) in [6.45, 7) is 10.4. The van der Waals surface area contributed by atoms with Crippen molar-refractivity contribution in [2.24, 2.45) is 0 Å². The standard InChI is InChI=1S/C28H30ClN5O/c1-18-8-7-10-23(14-18)33-13-12-32(17-19(33)2)28(35)25-16-30-34-21(4)24(20(3)31-27(25)34)15-22-9-5-6-11-26(22)29/h5-11,14,16,19H,12-13,15,17H2,1-4H3/t19-/m0/s1. The van der Waals surface area contributed by atoms with E-state index in [9.17, 15) is 4.79 Å². The minimum Gasteiger partial charge on any atom is -0.365 e. The van der Waals surface area contributed by atoms with Crippen molar-refractivity contribution in [3.05, 3.63) is 93.4 Å². The van der Waals surface area contributed by atoms with Crippen molar-refractivity contribution >= 4 is 28.8 Å². The topological polar surface area (TPSA) is 53.7 Å². The fourth-order valence-corrected chi connectivity index (χ4v) is 5.26. The van der Waals surface area contributed by atoms with Gasteiger partial charge in [0.25, 0.3) is 5.91 Å². The van der Waals surface area contributed by atoms with E-state index in [1.165, 1.54) is 11.3 Å². The molecule has 35 heavy (non-hydrogen) atoms. The van der Waals surface area contributed by atoms with Gasteiger partial charge in [0.1, 0.15) is 5.56 Å². The number of piperazine rings is 1. The third kappa shape index (κ3) is 4.39. The second-order valence-electron chi connectivity index (χ2n) is 9.46. The summed E-state index contributed by atoms with van der Waals surface area (Å²) in [6, 6.07) is 16.6. The van der Waals surface area contributed by atoms with Crippen LogP contribution in [0.3, 0.4) is 0 Å². The number of hydrogen-bond acceptors (Lipinski definition) is 4. The summed E-state index contributed by atoms with van der Waals surface area (Å²) >= 11 is 6.40. The summed E-state index contributed by atoms with van der Waals surface area (Å²) in [4.78, 5) is 22.7. The number of hydrogen-bond donors (Lipinski definition) is 0. The third-order valence-corrected chi connectivity index (χ3v) is 7.38. The molecule has 7 heteroatoms. The van der Waals surface area contributed by atoms with Crippen molar-refractivity contribution in [2.45, 2.75) is 40.2 Å². The number of fused-ring (bicyclic) bond motifs is 1. The van der Waals surface area contributed by atoms with E-state index in [-0.39, 0.29) is 11.9 Å². The molecular formula is C28H30ClN5O. The van der Waals surface area contributed by atoms with Gasteiger partial charge in [-0.25, -0.2) is 9.50 Å². The van der Waals surface area contributed by atoms with E-state index in [0.717, 1.165) is 34.1 Å². The molecule has 0 radical (unpaired) electrons. The number of carbonyl (C=O) groups is 1. The van der Waals surface area contributed by atoms with Crippen LogP contribution in [0, 0.1) is 20.8 Å². The number of halogens is 1. The van der Waals surface area contributed by atoms with E-state index in [1.54, 1.807) is 10.7 Å². The maximum atomic E-state index is 13.6. The monoisotopic (exact) mass is 487 g/mol. The molecule has 1 fully saturated rings. The molecule has 0 spiro atoms. The average Bonchev–Trinajstić information content (AvgIpc) is 3.26. The fraction of sp³-hybridized carbons (Fsp3) is 0.321. The van der Waals surface area contributed by atoms with Crippen molar-refractivity contribution < 1.29 is 4.79 Å². The van der Waals surface area contributed by atoms with E-state index in [0.29, 0.717) is 30.7 Å². The van der Waals surface area contributed by atoms with Gasteiger partial charge in [0, 0.05) is 54.2 Å². The van der Waals surface area contributed by atoms with Crippen LogP contribution in [-0.4, -0.2) is 51.1 Å². The lowest BCUT2D eigenvalue weighted by Crippen LogP contribution is -2.53. The van der Waals surface area contributed by atoms with Crippen molar-refractivity contribution in [3.63, 3.8) is 0 Å². The SMILES string of the molecule is Cc1cccc(N2CCN(C(=O)c3cnn4c(C)c(Cc5ccccc5Cl)c(C)nc34)C[C@@H]2C)c1. The Morgan fingerprint density at radius 3 is 2.63 bits per heavy atom. The molecule has 0 N–H and O–H groups in total. The van der Waals surface area contributed by atoms with Gasteiger partial charge in [-0.2, -0.15) is 5.10 Å². The lowest BCUT2D eigenvalue weighted by molar-refractivity contribution is 0.0728. The Labute approximate surface area is 211 Å². The molecule has 1 aliphatic rings. The van der Waals surface area contributed by atoms with Gasteiger partial charge >= 0.3 is 0 Å². The van der Waals surface area contributed by atoms with Crippen LogP contribution in [0.2, 0.25) is 5.02 Å². The predicted octanol–water partition coefficient (Wildman–Crippen LogP) is 5.25.